The standard InChI is InChI=1S/C24H22N2O6/c1-13(27)31-10-9-24-11-18(28)23(2,32-24)19-20(24)22(30)26(21(19)29)17-8-7-14(12-25)15-5-3-4-6-16(15)17/h3-8,18,28-30H,9-11H2,1-2H3/t18-,23-,24+/m1/s1. The van der Waals surface area contributed by atoms with Crippen molar-refractivity contribution in [3.8, 4) is 23.5 Å². The largest absolute Gasteiger partial charge is 0.494 e. The summed E-state index contributed by atoms with van der Waals surface area (Å²) >= 11 is 0. The number of hydrogen-bond donors (Lipinski definition) is 3. The van der Waals surface area contributed by atoms with Crippen LogP contribution in [0.4, 0.5) is 0 Å². The van der Waals surface area contributed by atoms with Crippen molar-refractivity contribution in [3.63, 3.8) is 0 Å². The Morgan fingerprint density at radius 2 is 1.91 bits per heavy atom. The molecule has 164 valence electrons. The van der Waals surface area contributed by atoms with Gasteiger partial charge >= 0.3 is 5.97 Å². The fraction of sp³-hybridized carbons (Fsp3) is 0.333. The number of nitriles is 1. The van der Waals surface area contributed by atoms with Crippen molar-refractivity contribution in [2.45, 2.75) is 44.0 Å². The summed E-state index contributed by atoms with van der Waals surface area (Å²) in [4.78, 5) is 11.3. The molecule has 3 aromatic rings. The van der Waals surface area contributed by atoms with Crippen LogP contribution in [0.1, 0.15) is 43.4 Å². The van der Waals surface area contributed by atoms with Gasteiger partial charge in [-0.05, 0) is 19.1 Å². The van der Waals surface area contributed by atoms with Crippen molar-refractivity contribution in [2.24, 2.45) is 0 Å². The number of hydrogen-bond acceptors (Lipinski definition) is 7. The normalized spacial score (nSPS) is 25.6. The first-order chi connectivity index (χ1) is 15.2. The molecule has 0 amide bonds. The fourth-order valence-corrected chi connectivity index (χ4v) is 5.28. The minimum Gasteiger partial charge on any atom is -0.494 e. The Morgan fingerprint density at radius 3 is 2.59 bits per heavy atom. The zero-order valence-electron chi connectivity index (χ0n) is 17.6. The van der Waals surface area contributed by atoms with E-state index >= 15 is 0 Å². The number of esters is 1. The Bertz CT molecular complexity index is 1320. The maximum absolute atomic E-state index is 11.3. The lowest BCUT2D eigenvalue weighted by Gasteiger charge is -2.26. The zero-order valence-corrected chi connectivity index (χ0v) is 17.6. The summed E-state index contributed by atoms with van der Waals surface area (Å²) in [6.45, 7) is 3.03. The van der Waals surface area contributed by atoms with Crippen molar-refractivity contribution < 1.29 is 29.6 Å². The van der Waals surface area contributed by atoms with Crippen molar-refractivity contribution in [1.82, 2.24) is 4.57 Å². The van der Waals surface area contributed by atoms with Crippen LogP contribution in [0.15, 0.2) is 36.4 Å². The summed E-state index contributed by atoms with van der Waals surface area (Å²) in [6.07, 6.45) is -0.494. The quantitative estimate of drug-likeness (QED) is 0.539. The number of benzene rings is 2. The summed E-state index contributed by atoms with van der Waals surface area (Å²) in [6, 6.07) is 12.7. The molecule has 3 N–H and O–H groups in total. The van der Waals surface area contributed by atoms with Crippen LogP contribution in [-0.4, -0.2) is 38.6 Å². The van der Waals surface area contributed by atoms with E-state index in [1.807, 2.05) is 18.2 Å². The highest BCUT2D eigenvalue weighted by Crippen LogP contribution is 2.65. The average molecular weight is 434 g/mol. The van der Waals surface area contributed by atoms with E-state index in [2.05, 4.69) is 6.07 Å². The monoisotopic (exact) mass is 434 g/mol. The Morgan fingerprint density at radius 1 is 1.22 bits per heavy atom. The number of carbonyl (C=O) groups excluding carboxylic acids is 1. The number of aromatic nitrogens is 1. The number of aromatic hydroxyl groups is 2. The van der Waals surface area contributed by atoms with E-state index in [9.17, 15) is 25.4 Å². The first-order valence-corrected chi connectivity index (χ1v) is 10.3. The lowest BCUT2D eigenvalue weighted by molar-refractivity contribution is -0.145. The molecule has 0 radical (unpaired) electrons. The number of aliphatic hydroxyl groups is 1. The average Bonchev–Trinajstić information content (AvgIpc) is 3.29. The van der Waals surface area contributed by atoms with Crippen LogP contribution >= 0.6 is 0 Å². The second kappa shape index (κ2) is 6.73. The van der Waals surface area contributed by atoms with E-state index in [0.29, 0.717) is 33.2 Å². The second-order valence-electron chi connectivity index (χ2n) is 8.54. The van der Waals surface area contributed by atoms with Gasteiger partial charge < -0.3 is 24.8 Å². The topological polar surface area (TPSA) is 125 Å². The second-order valence-corrected chi connectivity index (χ2v) is 8.54. The van der Waals surface area contributed by atoms with Gasteiger partial charge in [-0.3, -0.25) is 9.36 Å². The molecule has 0 unspecified atom stereocenters. The first kappa shape index (κ1) is 20.4. The number of rotatable bonds is 4. The third-order valence-corrected chi connectivity index (χ3v) is 6.71. The molecule has 0 aliphatic carbocycles. The Hall–Kier alpha value is -3.54. The predicted octanol–water partition coefficient (Wildman–Crippen LogP) is 3.07. The number of carbonyl (C=O) groups is 1. The minimum atomic E-state index is -1.22. The van der Waals surface area contributed by atoms with Gasteiger partial charge in [0.2, 0.25) is 11.8 Å². The highest BCUT2D eigenvalue weighted by molar-refractivity contribution is 5.95. The smallest absolute Gasteiger partial charge is 0.302 e. The summed E-state index contributed by atoms with van der Waals surface area (Å²) < 4.78 is 12.6. The van der Waals surface area contributed by atoms with Crippen LogP contribution in [0.3, 0.4) is 0 Å². The minimum absolute atomic E-state index is 0.0444. The molecular weight excluding hydrogens is 412 g/mol. The maximum atomic E-state index is 11.3. The molecule has 2 aliphatic rings. The summed E-state index contributed by atoms with van der Waals surface area (Å²) in [5.74, 6) is -0.872. The van der Waals surface area contributed by atoms with Crippen LogP contribution in [0, 0.1) is 11.3 Å². The molecule has 0 spiro atoms. The lowest BCUT2D eigenvalue weighted by Crippen LogP contribution is -2.33. The third-order valence-electron chi connectivity index (χ3n) is 6.71. The molecule has 2 aromatic carbocycles. The van der Waals surface area contributed by atoms with Crippen LogP contribution in [0.5, 0.6) is 11.8 Å². The van der Waals surface area contributed by atoms with E-state index < -0.39 is 23.3 Å². The number of fused-ring (bicyclic) bond motifs is 6. The predicted molar refractivity (Wildman–Crippen MR) is 113 cm³/mol. The molecular formula is C24H22N2O6. The molecule has 2 bridgehead atoms. The van der Waals surface area contributed by atoms with E-state index in [-0.39, 0.29) is 31.2 Å². The van der Waals surface area contributed by atoms with Gasteiger partial charge in [0.1, 0.15) is 11.2 Å². The zero-order chi connectivity index (χ0) is 22.8. The van der Waals surface area contributed by atoms with Crippen molar-refractivity contribution in [3.05, 3.63) is 53.1 Å². The third kappa shape index (κ3) is 2.52. The lowest BCUT2D eigenvalue weighted by atomic mass is 9.76. The SMILES string of the molecule is CC(=O)OCC[C@@]12C[C@@H](O)[C@@](C)(O1)c1c2c(O)n(-c2ccc(C#N)c3ccccc23)c1O. The molecule has 3 heterocycles. The first-order valence-electron chi connectivity index (χ1n) is 10.3. The molecule has 1 saturated heterocycles. The van der Waals surface area contributed by atoms with Crippen molar-refractivity contribution in [1.29, 1.82) is 5.26 Å². The fourth-order valence-electron chi connectivity index (χ4n) is 5.28. The van der Waals surface area contributed by atoms with Crippen LogP contribution in [-0.2, 0) is 25.5 Å². The molecule has 0 saturated carbocycles. The van der Waals surface area contributed by atoms with Gasteiger partial charge in [-0.25, -0.2) is 0 Å². The van der Waals surface area contributed by atoms with Crippen LogP contribution in [0.2, 0.25) is 0 Å². The molecule has 1 fully saturated rings. The summed E-state index contributed by atoms with van der Waals surface area (Å²) in [7, 11) is 0. The number of nitrogens with zero attached hydrogens (tertiary/aromatic N) is 2. The summed E-state index contributed by atoms with van der Waals surface area (Å²) in [5.41, 5.74) is -0.633. The van der Waals surface area contributed by atoms with Gasteiger partial charge in [0.25, 0.3) is 0 Å². The van der Waals surface area contributed by atoms with Gasteiger partial charge in [-0.1, -0.05) is 24.3 Å². The van der Waals surface area contributed by atoms with E-state index in [1.165, 1.54) is 11.5 Å². The van der Waals surface area contributed by atoms with Crippen LogP contribution in [0.25, 0.3) is 16.5 Å². The molecule has 3 atom stereocenters. The van der Waals surface area contributed by atoms with E-state index in [0.717, 1.165) is 0 Å². The molecule has 32 heavy (non-hydrogen) atoms. The molecule has 2 aliphatic heterocycles. The van der Waals surface area contributed by atoms with Crippen LogP contribution < -0.4 is 0 Å². The van der Waals surface area contributed by atoms with E-state index in [4.69, 9.17) is 9.47 Å². The van der Waals surface area contributed by atoms with Gasteiger partial charge in [-0.2, -0.15) is 5.26 Å². The van der Waals surface area contributed by atoms with Gasteiger partial charge in [0, 0.05) is 30.5 Å². The van der Waals surface area contributed by atoms with Gasteiger partial charge in [-0.15, -0.1) is 0 Å². The Kier molecular flexibility index (Phi) is 4.28. The van der Waals surface area contributed by atoms with Gasteiger partial charge in [0.05, 0.1) is 41.2 Å². The highest BCUT2D eigenvalue weighted by Gasteiger charge is 2.66. The highest BCUT2D eigenvalue weighted by atomic mass is 16.6. The molecule has 1 aromatic heterocycles. The van der Waals surface area contributed by atoms with Crippen molar-refractivity contribution >= 4 is 16.7 Å². The Labute approximate surface area is 183 Å². The summed E-state index contributed by atoms with van der Waals surface area (Å²) in [5, 5.41) is 44.2. The van der Waals surface area contributed by atoms with E-state index in [1.54, 1.807) is 25.1 Å². The Balaban J connectivity index is 1.73. The van der Waals surface area contributed by atoms with Crippen molar-refractivity contribution in [2.75, 3.05) is 6.61 Å². The number of ether oxygens (including phenoxy) is 2. The maximum Gasteiger partial charge on any atom is 0.302 e. The molecule has 8 nitrogen and oxygen atoms in total. The molecule has 5 rings (SSSR count). The molecule has 8 heteroatoms. The van der Waals surface area contributed by atoms with Gasteiger partial charge in [0.15, 0.2) is 0 Å². The number of aliphatic hydroxyl groups excluding tert-OH is 1.